The van der Waals surface area contributed by atoms with E-state index in [0.717, 1.165) is 24.2 Å². The summed E-state index contributed by atoms with van der Waals surface area (Å²) >= 11 is 0. The van der Waals surface area contributed by atoms with Crippen molar-refractivity contribution >= 4 is 17.4 Å². The third-order valence-corrected chi connectivity index (χ3v) is 4.31. The second-order valence-corrected chi connectivity index (χ2v) is 6.05. The van der Waals surface area contributed by atoms with E-state index in [-0.39, 0.29) is 17.9 Å². The standard InChI is InChI=1S/C18H20N4O3/c1-20-12-5-13-21(18(23)19-15-6-3-2-4-7-15)17(20)14-8-10-16(11-9-14)22(24)25/h2-4,6-11,17H,5,12-13H2,1H3,(H,19,23). The normalized spacial score (nSPS) is 18.0. The first kappa shape index (κ1) is 16.9. The van der Waals surface area contributed by atoms with Crippen molar-refractivity contribution in [2.75, 3.05) is 25.5 Å². The Kier molecular flexibility index (Phi) is 4.95. The van der Waals surface area contributed by atoms with Crippen molar-refractivity contribution in [1.29, 1.82) is 0 Å². The molecule has 1 saturated heterocycles. The molecule has 1 N–H and O–H groups in total. The molecule has 0 saturated carbocycles. The van der Waals surface area contributed by atoms with Crippen LogP contribution in [-0.2, 0) is 0 Å². The van der Waals surface area contributed by atoms with Gasteiger partial charge in [0.05, 0.1) is 4.92 Å². The lowest BCUT2D eigenvalue weighted by molar-refractivity contribution is -0.384. The molecule has 1 fully saturated rings. The maximum absolute atomic E-state index is 12.8. The number of carbonyl (C=O) groups excluding carboxylic acids is 1. The second kappa shape index (κ2) is 7.31. The van der Waals surface area contributed by atoms with Crippen LogP contribution in [0.2, 0.25) is 0 Å². The number of non-ortho nitro benzene ring substituents is 1. The number of nitrogens with zero attached hydrogens (tertiary/aromatic N) is 3. The lowest BCUT2D eigenvalue weighted by atomic mass is 10.1. The maximum atomic E-state index is 12.8. The molecular formula is C18H20N4O3. The zero-order chi connectivity index (χ0) is 17.8. The molecule has 0 aromatic heterocycles. The number of hydrogen-bond donors (Lipinski definition) is 1. The molecule has 0 bridgehead atoms. The van der Waals surface area contributed by atoms with Crippen molar-refractivity contribution in [2.45, 2.75) is 12.6 Å². The Morgan fingerprint density at radius 3 is 2.44 bits per heavy atom. The summed E-state index contributed by atoms with van der Waals surface area (Å²) in [6, 6.07) is 15.5. The summed E-state index contributed by atoms with van der Waals surface area (Å²) in [5.41, 5.74) is 1.64. The van der Waals surface area contributed by atoms with Crippen LogP contribution in [0, 0.1) is 10.1 Å². The Morgan fingerprint density at radius 1 is 1.12 bits per heavy atom. The Bertz CT molecular complexity index is 749. The number of hydrogen-bond acceptors (Lipinski definition) is 4. The molecule has 1 atom stereocenters. The zero-order valence-corrected chi connectivity index (χ0v) is 14.0. The lowest BCUT2D eigenvalue weighted by Crippen LogP contribution is -2.50. The smallest absolute Gasteiger partial charge is 0.308 e. The van der Waals surface area contributed by atoms with Gasteiger partial charge in [-0.15, -0.1) is 0 Å². The van der Waals surface area contributed by atoms with Crippen molar-refractivity contribution in [3.63, 3.8) is 0 Å². The first-order valence-electron chi connectivity index (χ1n) is 8.13. The first-order valence-corrected chi connectivity index (χ1v) is 8.13. The van der Waals surface area contributed by atoms with Crippen LogP contribution in [0.5, 0.6) is 0 Å². The molecule has 25 heavy (non-hydrogen) atoms. The molecule has 2 aromatic rings. The summed E-state index contributed by atoms with van der Waals surface area (Å²) in [5, 5.41) is 13.8. The van der Waals surface area contributed by atoms with Crippen molar-refractivity contribution < 1.29 is 9.72 Å². The number of benzene rings is 2. The summed E-state index contributed by atoms with van der Waals surface area (Å²) < 4.78 is 0. The number of nitro benzene ring substituents is 1. The molecule has 2 aromatic carbocycles. The van der Waals surface area contributed by atoms with Gasteiger partial charge in [0, 0.05) is 30.9 Å². The quantitative estimate of drug-likeness (QED) is 0.685. The third-order valence-electron chi connectivity index (χ3n) is 4.31. The summed E-state index contributed by atoms with van der Waals surface area (Å²) in [4.78, 5) is 27.0. The van der Waals surface area contributed by atoms with Gasteiger partial charge in [-0.25, -0.2) is 4.79 Å². The minimum Gasteiger partial charge on any atom is -0.308 e. The van der Waals surface area contributed by atoms with Crippen molar-refractivity contribution in [3.05, 3.63) is 70.3 Å². The van der Waals surface area contributed by atoms with Gasteiger partial charge in [0.15, 0.2) is 0 Å². The fourth-order valence-electron chi connectivity index (χ4n) is 3.10. The molecular weight excluding hydrogens is 320 g/mol. The number of urea groups is 1. The van der Waals surface area contributed by atoms with E-state index < -0.39 is 4.92 Å². The van der Waals surface area contributed by atoms with Gasteiger partial charge in [-0.3, -0.25) is 15.0 Å². The highest BCUT2D eigenvalue weighted by molar-refractivity contribution is 5.89. The van der Waals surface area contributed by atoms with Gasteiger partial charge in [-0.2, -0.15) is 0 Å². The number of anilines is 1. The fraction of sp³-hybridized carbons (Fsp3) is 0.278. The average Bonchev–Trinajstić information content (AvgIpc) is 2.62. The number of para-hydroxylation sites is 1. The van der Waals surface area contributed by atoms with Gasteiger partial charge in [-0.1, -0.05) is 18.2 Å². The summed E-state index contributed by atoms with van der Waals surface area (Å²) in [7, 11) is 1.95. The fourth-order valence-corrected chi connectivity index (χ4v) is 3.10. The third kappa shape index (κ3) is 3.77. The van der Waals surface area contributed by atoms with Crippen molar-refractivity contribution in [3.8, 4) is 0 Å². The number of nitro groups is 1. The first-order chi connectivity index (χ1) is 12.1. The van der Waals surface area contributed by atoms with Crippen LogP contribution in [0.15, 0.2) is 54.6 Å². The van der Waals surface area contributed by atoms with E-state index in [4.69, 9.17) is 0 Å². The molecule has 7 nitrogen and oxygen atoms in total. The van der Waals surface area contributed by atoms with E-state index in [1.807, 2.05) is 37.4 Å². The Morgan fingerprint density at radius 2 is 1.80 bits per heavy atom. The highest BCUT2D eigenvalue weighted by Gasteiger charge is 2.32. The van der Waals surface area contributed by atoms with Crippen LogP contribution in [-0.4, -0.2) is 40.9 Å². The molecule has 1 heterocycles. The minimum absolute atomic E-state index is 0.0440. The Hall–Kier alpha value is -2.93. The molecule has 0 radical (unpaired) electrons. The largest absolute Gasteiger partial charge is 0.323 e. The Labute approximate surface area is 146 Å². The highest BCUT2D eigenvalue weighted by Crippen LogP contribution is 2.29. The van der Waals surface area contributed by atoms with Gasteiger partial charge in [0.1, 0.15) is 6.17 Å². The van der Waals surface area contributed by atoms with E-state index in [2.05, 4.69) is 10.2 Å². The molecule has 3 rings (SSSR count). The Balaban J connectivity index is 1.83. The predicted octanol–water partition coefficient (Wildman–Crippen LogP) is 3.46. The lowest BCUT2D eigenvalue weighted by Gasteiger charge is -2.42. The van der Waals surface area contributed by atoms with Crippen LogP contribution in [0.1, 0.15) is 18.2 Å². The van der Waals surface area contributed by atoms with Gasteiger partial charge in [0.2, 0.25) is 0 Å². The van der Waals surface area contributed by atoms with E-state index in [1.54, 1.807) is 17.0 Å². The summed E-state index contributed by atoms with van der Waals surface area (Å²) in [5.74, 6) is 0. The zero-order valence-electron chi connectivity index (χ0n) is 14.0. The molecule has 130 valence electrons. The monoisotopic (exact) mass is 340 g/mol. The van der Waals surface area contributed by atoms with Gasteiger partial charge in [0.25, 0.3) is 5.69 Å². The van der Waals surface area contributed by atoms with Crippen LogP contribution >= 0.6 is 0 Å². The number of rotatable bonds is 3. The van der Waals surface area contributed by atoms with E-state index in [9.17, 15) is 14.9 Å². The molecule has 2 amide bonds. The second-order valence-electron chi connectivity index (χ2n) is 6.05. The summed E-state index contributed by atoms with van der Waals surface area (Å²) in [6.07, 6.45) is 0.626. The maximum Gasteiger partial charge on any atom is 0.323 e. The van der Waals surface area contributed by atoms with Crippen LogP contribution < -0.4 is 5.32 Å². The number of amides is 2. The molecule has 0 spiro atoms. The van der Waals surface area contributed by atoms with Gasteiger partial charge < -0.3 is 10.2 Å². The molecule has 1 aliphatic rings. The highest BCUT2D eigenvalue weighted by atomic mass is 16.6. The summed E-state index contributed by atoms with van der Waals surface area (Å²) in [6.45, 7) is 1.49. The predicted molar refractivity (Wildman–Crippen MR) is 95.3 cm³/mol. The average molecular weight is 340 g/mol. The van der Waals surface area contributed by atoms with Crippen LogP contribution in [0.3, 0.4) is 0 Å². The number of carbonyl (C=O) groups is 1. The topological polar surface area (TPSA) is 78.7 Å². The van der Waals surface area contributed by atoms with Crippen LogP contribution in [0.25, 0.3) is 0 Å². The van der Waals surface area contributed by atoms with E-state index in [1.165, 1.54) is 12.1 Å². The van der Waals surface area contributed by atoms with E-state index >= 15 is 0 Å². The molecule has 1 unspecified atom stereocenters. The SMILES string of the molecule is CN1CCCN(C(=O)Nc2ccccc2)C1c1ccc([N+](=O)[O-])cc1. The van der Waals surface area contributed by atoms with Crippen molar-refractivity contribution in [2.24, 2.45) is 0 Å². The molecule has 7 heteroatoms. The van der Waals surface area contributed by atoms with Crippen LogP contribution in [0.4, 0.5) is 16.2 Å². The van der Waals surface area contributed by atoms with Crippen molar-refractivity contribution in [1.82, 2.24) is 9.80 Å². The minimum atomic E-state index is -0.422. The van der Waals surface area contributed by atoms with Gasteiger partial charge in [-0.05, 0) is 43.3 Å². The molecule has 1 aliphatic heterocycles. The van der Waals surface area contributed by atoms with E-state index in [0.29, 0.717) is 6.54 Å². The molecule has 0 aliphatic carbocycles. The van der Waals surface area contributed by atoms with Gasteiger partial charge >= 0.3 is 6.03 Å². The number of nitrogens with one attached hydrogen (secondary N) is 1.